The van der Waals surface area contributed by atoms with Gasteiger partial charge >= 0.3 is 0 Å². The highest BCUT2D eigenvalue weighted by atomic mass is 16.5. The molecule has 0 amide bonds. The standard InChI is InChI=1S/C20H25NO.C6H5/c1-21(2)16-17-22-20-14-12-19(13-15-20)11-7-6-10-18-8-4-3-5-9-18;1-2-4-6-5-3-1/h3-5,7-9,11-15H,6,10,16-17H2,1-2H3;1-5H. The van der Waals surface area contributed by atoms with Crippen LogP contribution in [0.3, 0.4) is 0 Å². The van der Waals surface area contributed by atoms with Crippen molar-refractivity contribution >= 4 is 6.08 Å². The monoisotopic (exact) mass is 372 g/mol. The second-order valence-electron chi connectivity index (χ2n) is 6.72. The summed E-state index contributed by atoms with van der Waals surface area (Å²) in [5.41, 5.74) is 2.60. The summed E-state index contributed by atoms with van der Waals surface area (Å²) < 4.78 is 5.69. The van der Waals surface area contributed by atoms with E-state index < -0.39 is 0 Å². The van der Waals surface area contributed by atoms with E-state index in [2.05, 4.69) is 65.6 Å². The van der Waals surface area contributed by atoms with Gasteiger partial charge in [0.15, 0.2) is 0 Å². The topological polar surface area (TPSA) is 12.5 Å². The lowest BCUT2D eigenvalue weighted by molar-refractivity contribution is 0.261. The summed E-state index contributed by atoms with van der Waals surface area (Å²) >= 11 is 0. The number of aryl methyl sites for hydroxylation is 1. The Bertz CT molecular complexity index is 738. The Morgan fingerprint density at radius 2 is 1.54 bits per heavy atom. The zero-order valence-electron chi connectivity index (χ0n) is 16.9. The van der Waals surface area contributed by atoms with E-state index in [4.69, 9.17) is 4.74 Å². The van der Waals surface area contributed by atoms with Gasteiger partial charge in [-0.1, -0.05) is 84.9 Å². The fourth-order valence-corrected chi connectivity index (χ4v) is 2.48. The van der Waals surface area contributed by atoms with Crippen molar-refractivity contribution in [2.75, 3.05) is 27.2 Å². The normalized spacial score (nSPS) is 10.5. The van der Waals surface area contributed by atoms with E-state index in [1.165, 1.54) is 11.1 Å². The van der Waals surface area contributed by atoms with Crippen LogP contribution in [0.5, 0.6) is 5.75 Å². The lowest BCUT2D eigenvalue weighted by Crippen LogP contribution is -2.19. The average Bonchev–Trinajstić information content (AvgIpc) is 2.74. The van der Waals surface area contributed by atoms with Crippen molar-refractivity contribution in [1.82, 2.24) is 4.90 Å². The third-order valence-corrected chi connectivity index (χ3v) is 4.05. The largest absolute Gasteiger partial charge is 0.492 e. The molecule has 0 aliphatic carbocycles. The molecular weight excluding hydrogens is 342 g/mol. The summed E-state index contributed by atoms with van der Waals surface area (Å²) in [4.78, 5) is 2.11. The molecule has 0 heterocycles. The molecule has 0 atom stereocenters. The van der Waals surface area contributed by atoms with Gasteiger partial charge < -0.3 is 9.64 Å². The molecule has 0 saturated heterocycles. The molecule has 3 aromatic rings. The zero-order valence-corrected chi connectivity index (χ0v) is 16.9. The molecule has 0 bridgehead atoms. The van der Waals surface area contributed by atoms with E-state index in [9.17, 15) is 0 Å². The molecule has 2 nitrogen and oxygen atoms in total. The molecule has 145 valence electrons. The van der Waals surface area contributed by atoms with Crippen molar-refractivity contribution in [2.45, 2.75) is 12.8 Å². The molecule has 0 N–H and O–H groups in total. The van der Waals surface area contributed by atoms with Gasteiger partial charge in [-0.15, -0.1) is 0 Å². The van der Waals surface area contributed by atoms with Gasteiger partial charge in [-0.2, -0.15) is 0 Å². The second kappa shape index (κ2) is 13.3. The van der Waals surface area contributed by atoms with Crippen LogP contribution in [-0.2, 0) is 6.42 Å². The van der Waals surface area contributed by atoms with Crippen molar-refractivity contribution in [3.63, 3.8) is 0 Å². The molecule has 3 rings (SSSR count). The van der Waals surface area contributed by atoms with Gasteiger partial charge in [-0.05, 0) is 56.3 Å². The van der Waals surface area contributed by atoms with E-state index in [0.29, 0.717) is 0 Å². The Kier molecular flexibility index (Phi) is 10.2. The lowest BCUT2D eigenvalue weighted by atomic mass is 10.1. The maximum absolute atomic E-state index is 5.69. The maximum atomic E-state index is 5.69. The van der Waals surface area contributed by atoms with Crippen molar-refractivity contribution in [1.29, 1.82) is 0 Å². The van der Waals surface area contributed by atoms with Crippen LogP contribution < -0.4 is 4.74 Å². The van der Waals surface area contributed by atoms with Crippen molar-refractivity contribution in [2.24, 2.45) is 0 Å². The minimum absolute atomic E-state index is 0.721. The van der Waals surface area contributed by atoms with Gasteiger partial charge in [0.25, 0.3) is 0 Å². The SMILES string of the molecule is CN(C)CCOc1ccc(C=CCCc2ccccc2)cc1.[c]1ccccc1. The Balaban J connectivity index is 0.000000397. The van der Waals surface area contributed by atoms with Gasteiger partial charge in [0.1, 0.15) is 12.4 Å². The minimum atomic E-state index is 0.721. The highest BCUT2D eigenvalue weighted by Crippen LogP contribution is 2.13. The first kappa shape index (κ1) is 21.5. The molecule has 28 heavy (non-hydrogen) atoms. The average molecular weight is 373 g/mol. The maximum Gasteiger partial charge on any atom is 0.119 e. The van der Waals surface area contributed by atoms with E-state index in [-0.39, 0.29) is 0 Å². The number of ether oxygens (including phenoxy) is 1. The van der Waals surface area contributed by atoms with Crippen molar-refractivity contribution in [3.8, 4) is 5.75 Å². The Hall–Kier alpha value is -2.84. The number of allylic oxidation sites excluding steroid dienone is 1. The highest BCUT2D eigenvalue weighted by Gasteiger charge is 1.95. The molecule has 0 aliphatic rings. The number of hydrogen-bond donors (Lipinski definition) is 0. The minimum Gasteiger partial charge on any atom is -0.492 e. The fraction of sp³-hybridized carbons (Fsp3) is 0.231. The highest BCUT2D eigenvalue weighted by molar-refractivity contribution is 5.50. The van der Waals surface area contributed by atoms with Crippen LogP contribution in [-0.4, -0.2) is 32.1 Å². The molecular formula is C26H30NO. The van der Waals surface area contributed by atoms with Crippen molar-refractivity contribution < 1.29 is 4.74 Å². The molecule has 0 aliphatic heterocycles. The first-order valence-corrected chi connectivity index (χ1v) is 9.73. The van der Waals surface area contributed by atoms with Gasteiger partial charge in [0.2, 0.25) is 0 Å². The fourth-order valence-electron chi connectivity index (χ4n) is 2.48. The Morgan fingerprint density at radius 3 is 2.11 bits per heavy atom. The molecule has 1 radical (unpaired) electrons. The molecule has 0 unspecified atom stereocenters. The summed E-state index contributed by atoms with van der Waals surface area (Å²) in [5.74, 6) is 0.934. The van der Waals surface area contributed by atoms with Crippen LogP contribution >= 0.6 is 0 Å². The van der Waals surface area contributed by atoms with E-state index in [0.717, 1.165) is 31.7 Å². The summed E-state index contributed by atoms with van der Waals surface area (Å²) in [6, 6.07) is 31.4. The molecule has 0 saturated carbocycles. The predicted molar refractivity (Wildman–Crippen MR) is 120 cm³/mol. The summed E-state index contributed by atoms with van der Waals surface area (Å²) in [6.07, 6.45) is 6.55. The van der Waals surface area contributed by atoms with Crippen LogP contribution in [0, 0.1) is 6.07 Å². The quantitative estimate of drug-likeness (QED) is 0.498. The van der Waals surface area contributed by atoms with E-state index in [1.807, 2.05) is 56.6 Å². The lowest BCUT2D eigenvalue weighted by Gasteiger charge is -2.10. The smallest absolute Gasteiger partial charge is 0.119 e. The number of rotatable bonds is 8. The zero-order chi connectivity index (χ0) is 19.9. The third-order valence-electron chi connectivity index (χ3n) is 4.05. The number of nitrogens with zero attached hydrogens (tertiary/aromatic N) is 1. The van der Waals surface area contributed by atoms with E-state index >= 15 is 0 Å². The van der Waals surface area contributed by atoms with Crippen LogP contribution in [0.2, 0.25) is 0 Å². The van der Waals surface area contributed by atoms with Crippen LogP contribution in [0.25, 0.3) is 6.08 Å². The van der Waals surface area contributed by atoms with Gasteiger partial charge in [-0.25, -0.2) is 0 Å². The molecule has 0 aromatic heterocycles. The Labute approximate surface area is 170 Å². The number of benzene rings is 3. The molecule has 0 spiro atoms. The first-order valence-electron chi connectivity index (χ1n) is 9.73. The molecule has 3 aromatic carbocycles. The number of hydrogen-bond acceptors (Lipinski definition) is 2. The van der Waals surface area contributed by atoms with Crippen LogP contribution in [0.1, 0.15) is 17.5 Å². The summed E-state index contributed by atoms with van der Waals surface area (Å²) in [7, 11) is 4.10. The number of likely N-dealkylation sites (N-methyl/N-ethyl adjacent to an activating group) is 1. The predicted octanol–water partition coefficient (Wildman–Crippen LogP) is 5.76. The van der Waals surface area contributed by atoms with Crippen LogP contribution in [0.15, 0.2) is 91.0 Å². The Morgan fingerprint density at radius 1 is 0.857 bits per heavy atom. The van der Waals surface area contributed by atoms with Crippen LogP contribution in [0.4, 0.5) is 0 Å². The molecule has 2 heteroatoms. The summed E-state index contributed by atoms with van der Waals surface area (Å²) in [5, 5.41) is 0. The van der Waals surface area contributed by atoms with Gasteiger partial charge in [0.05, 0.1) is 0 Å². The summed E-state index contributed by atoms with van der Waals surface area (Å²) in [6.45, 7) is 1.65. The van der Waals surface area contributed by atoms with Gasteiger partial charge in [-0.3, -0.25) is 0 Å². The molecule has 0 fully saturated rings. The van der Waals surface area contributed by atoms with Crippen molar-refractivity contribution in [3.05, 3.63) is 108 Å². The third kappa shape index (κ3) is 9.75. The first-order chi connectivity index (χ1) is 13.7. The van der Waals surface area contributed by atoms with Gasteiger partial charge in [0, 0.05) is 6.54 Å². The van der Waals surface area contributed by atoms with E-state index in [1.54, 1.807) is 0 Å². The second-order valence-corrected chi connectivity index (χ2v) is 6.72.